The van der Waals surface area contributed by atoms with E-state index in [0.717, 1.165) is 0 Å². The molecule has 0 amide bonds. The maximum atomic E-state index is 0. The Hall–Kier alpha value is 3.90. The van der Waals surface area contributed by atoms with Gasteiger partial charge >= 0.3 is 0 Å². The van der Waals surface area contributed by atoms with Crippen LogP contribution in [-0.2, 0) is 0 Å². The van der Waals surface area contributed by atoms with Gasteiger partial charge in [0.05, 0.1) is 0 Å². The van der Waals surface area contributed by atoms with E-state index in [9.17, 15) is 0 Å². The minimum atomic E-state index is 0. The molecule has 0 nitrogen and oxygen atoms in total. The van der Waals surface area contributed by atoms with Crippen molar-refractivity contribution in [2.45, 2.75) is 0 Å². The Bertz CT molecular complexity index is 8.00. The second-order valence-electron chi connectivity index (χ2n) is 0. The first-order valence-electron chi connectivity index (χ1n) is 0. The molecule has 0 aromatic heterocycles. The van der Waals surface area contributed by atoms with Crippen molar-refractivity contribution in [3.63, 3.8) is 0 Å². The molecule has 0 unspecified atom stereocenters. The molecule has 0 N–H and O–H groups in total. The van der Waals surface area contributed by atoms with E-state index in [4.69, 9.17) is 0 Å². The summed E-state index contributed by atoms with van der Waals surface area (Å²) < 4.78 is 0. The predicted octanol–water partition coefficient (Wildman–Crippen LogP) is 0.153. The van der Waals surface area contributed by atoms with Gasteiger partial charge in [0.15, 0.2) is 0 Å². The molecule has 0 aliphatic rings. The summed E-state index contributed by atoms with van der Waals surface area (Å²) in [4.78, 5) is 0. The number of halogens is 1. The Morgan fingerprint density at radius 3 is 1.00 bits per heavy atom. The maximum Gasteiger partial charge on any atom is 0 e. The van der Waals surface area contributed by atoms with E-state index in [0.29, 0.717) is 0 Å². The van der Waals surface area contributed by atoms with Crippen molar-refractivity contribution in [2.24, 2.45) is 0 Å². The molecular formula is HCeErFNd. The SMILES string of the molecule is F.[Ce].[Er].[Nd]. The van der Waals surface area contributed by atoms with Crippen LogP contribution >= 0.6 is 0 Å². The van der Waals surface area contributed by atoms with Crippen molar-refractivity contribution in [1.29, 1.82) is 0 Å². The zero-order valence-electron chi connectivity index (χ0n) is 1.70. The molecule has 0 fully saturated rings. The van der Waals surface area contributed by atoms with Gasteiger partial charge in [0.2, 0.25) is 0 Å². The maximum absolute atomic E-state index is 0. The Balaban J connectivity index is 0. The number of rotatable bonds is 0. The molecule has 0 saturated heterocycles. The fourth-order valence-electron chi connectivity index (χ4n) is 0. The van der Waals surface area contributed by atoms with Crippen LogP contribution in [0.1, 0.15) is 0 Å². The fraction of sp³-hybridized carbons (Fsp3) is 0. The molecule has 4 heavy (non-hydrogen) atoms. The van der Waals surface area contributed by atoms with Gasteiger partial charge in [0, 0.05) is 120 Å². The average Bonchev–Trinajstić information content (AvgIpc) is 0. The molecule has 0 heterocycles. The van der Waals surface area contributed by atoms with Crippen molar-refractivity contribution in [3.8, 4) is 0 Å². The standard InChI is InChI=1S/Ce.Er.FH.Nd/h;;1H;. The fourth-order valence-corrected chi connectivity index (χ4v) is 0. The summed E-state index contributed by atoms with van der Waals surface area (Å²) in [6, 6.07) is 0. The van der Waals surface area contributed by atoms with Gasteiger partial charge in [-0.15, -0.1) is 0 Å². The molecule has 0 bridgehead atoms. The van der Waals surface area contributed by atoms with E-state index < -0.39 is 0 Å². The molecule has 0 atom stereocenters. The van der Waals surface area contributed by atoms with Crippen LogP contribution in [0.3, 0.4) is 0 Å². The molecule has 0 rings (SSSR count). The zero-order chi connectivity index (χ0) is 0. The minimum absolute atomic E-state index is 0. The molecule has 0 spiro atoms. The molecule has 28 valence electrons. The first kappa shape index (κ1) is 24.7. The van der Waals surface area contributed by atoms with E-state index in [2.05, 4.69) is 0 Å². The summed E-state index contributed by atoms with van der Waals surface area (Å²) in [5, 5.41) is 0. The van der Waals surface area contributed by atoms with Crippen LogP contribution in [0.25, 0.3) is 0 Å². The monoisotopic (exact) mass is 468 g/mol. The van der Waals surface area contributed by atoms with Gasteiger partial charge in [-0.25, -0.2) is 0 Å². The Morgan fingerprint density at radius 1 is 1.00 bits per heavy atom. The van der Waals surface area contributed by atoms with Crippen LogP contribution in [0.4, 0.5) is 4.70 Å². The third-order valence-corrected chi connectivity index (χ3v) is 0. The van der Waals surface area contributed by atoms with Crippen molar-refractivity contribution in [2.75, 3.05) is 0 Å². The van der Waals surface area contributed by atoms with Crippen molar-refractivity contribution >= 4 is 0 Å². The Labute approximate surface area is 121 Å². The van der Waals surface area contributed by atoms with Crippen LogP contribution in [0.15, 0.2) is 0 Å². The van der Waals surface area contributed by atoms with Crippen molar-refractivity contribution in [3.05, 3.63) is 0 Å². The van der Waals surface area contributed by atoms with Crippen LogP contribution < -0.4 is 0 Å². The number of hydrogen-bond donors (Lipinski definition) is 0. The largest absolute Gasteiger partial charge is 0.269 e. The molecule has 0 saturated carbocycles. The van der Waals surface area contributed by atoms with Gasteiger partial charge in [0.25, 0.3) is 0 Å². The third-order valence-electron chi connectivity index (χ3n) is 0. The van der Waals surface area contributed by atoms with Gasteiger partial charge in [-0.3, -0.25) is 4.70 Å². The summed E-state index contributed by atoms with van der Waals surface area (Å²) in [5.74, 6) is 0. The summed E-state index contributed by atoms with van der Waals surface area (Å²) >= 11 is 0. The smallest absolute Gasteiger partial charge is 0 e. The van der Waals surface area contributed by atoms with Gasteiger partial charge in [-0.1, -0.05) is 0 Å². The van der Waals surface area contributed by atoms with E-state index in [1.54, 1.807) is 0 Å². The molecule has 0 aromatic rings. The average molecular weight is 472 g/mol. The van der Waals surface area contributed by atoms with E-state index in [1.165, 1.54) is 0 Å². The Kier molecular flexibility index (Phi) is 97.6. The molecule has 0 aliphatic heterocycles. The van der Waals surface area contributed by atoms with E-state index in [-0.39, 0.29) is 125 Å². The van der Waals surface area contributed by atoms with Crippen LogP contribution in [0, 0.1) is 120 Å². The summed E-state index contributed by atoms with van der Waals surface area (Å²) in [6.07, 6.45) is 0. The summed E-state index contributed by atoms with van der Waals surface area (Å²) in [5.41, 5.74) is 0. The van der Waals surface area contributed by atoms with Gasteiger partial charge in [0.1, 0.15) is 0 Å². The topological polar surface area (TPSA) is 0 Å². The van der Waals surface area contributed by atoms with Crippen LogP contribution in [0.2, 0.25) is 0 Å². The first-order valence-corrected chi connectivity index (χ1v) is 0. The normalized spacial score (nSPS) is 0. The number of hydrogen-bond acceptors (Lipinski definition) is 0. The van der Waals surface area contributed by atoms with E-state index >= 15 is 0 Å². The van der Waals surface area contributed by atoms with Gasteiger partial charge < -0.3 is 0 Å². The van der Waals surface area contributed by atoms with Crippen LogP contribution in [-0.4, -0.2) is 0 Å². The van der Waals surface area contributed by atoms with Gasteiger partial charge in [-0.2, -0.15) is 0 Å². The summed E-state index contributed by atoms with van der Waals surface area (Å²) in [7, 11) is 0. The van der Waals surface area contributed by atoms with Crippen molar-refractivity contribution < 1.29 is 125 Å². The predicted molar refractivity (Wildman–Crippen MR) is 2.50 cm³/mol. The zero-order valence-corrected chi connectivity index (χ0v) is 9.90. The molecule has 4 heteroatoms. The minimum Gasteiger partial charge on any atom is -0.269 e. The van der Waals surface area contributed by atoms with Crippen molar-refractivity contribution in [1.82, 2.24) is 0 Å². The second-order valence-corrected chi connectivity index (χ2v) is 0. The molecule has 0 aliphatic carbocycles. The third kappa shape index (κ3) is 9.32. The molecule has 0 aromatic carbocycles. The quantitative estimate of drug-likeness (QED) is 0.472. The summed E-state index contributed by atoms with van der Waals surface area (Å²) in [6.45, 7) is 0. The Morgan fingerprint density at radius 2 is 1.00 bits per heavy atom. The molecule has 0 radical (unpaired) electrons. The second kappa shape index (κ2) is 15.8. The van der Waals surface area contributed by atoms with Crippen LogP contribution in [0.5, 0.6) is 0 Å². The first-order chi connectivity index (χ1) is 0. The van der Waals surface area contributed by atoms with E-state index in [1.807, 2.05) is 0 Å². The molecular weight excluding hydrogens is 471 g/mol. The van der Waals surface area contributed by atoms with Gasteiger partial charge in [-0.05, 0) is 0 Å².